The van der Waals surface area contributed by atoms with Crippen LogP contribution in [0.25, 0.3) is 0 Å². The molecule has 1 N–H and O–H groups in total. The summed E-state index contributed by atoms with van der Waals surface area (Å²) in [5.41, 5.74) is 5.46. The van der Waals surface area contributed by atoms with Crippen LogP contribution < -0.4 is 5.32 Å². The largest absolute Gasteiger partial charge is 0.381 e. The molecule has 1 fully saturated rings. The molecule has 1 saturated carbocycles. The molecule has 0 bridgehead atoms. The quantitative estimate of drug-likeness (QED) is 0.773. The Kier molecular flexibility index (Phi) is 3.77. The number of hydrogen-bond acceptors (Lipinski definition) is 1. The fraction of sp³-hybridized carbons (Fsp3) is 0.368. The summed E-state index contributed by atoms with van der Waals surface area (Å²) in [7, 11) is 0. The highest BCUT2D eigenvalue weighted by molar-refractivity contribution is 5.47. The van der Waals surface area contributed by atoms with E-state index in [1.54, 1.807) is 0 Å². The first-order valence-electron chi connectivity index (χ1n) is 7.65. The molecule has 104 valence electrons. The fourth-order valence-corrected chi connectivity index (χ4v) is 2.54. The fourth-order valence-electron chi connectivity index (χ4n) is 2.54. The Morgan fingerprint density at radius 1 is 1.05 bits per heavy atom. The molecule has 1 aliphatic carbocycles. The average molecular weight is 265 g/mol. The van der Waals surface area contributed by atoms with Gasteiger partial charge >= 0.3 is 0 Å². The first kappa shape index (κ1) is 13.2. The van der Waals surface area contributed by atoms with Crippen LogP contribution in [0.1, 0.15) is 55.2 Å². The lowest BCUT2D eigenvalue weighted by Crippen LogP contribution is -2.00. The van der Waals surface area contributed by atoms with Gasteiger partial charge in [0.1, 0.15) is 0 Å². The molecule has 2 aromatic rings. The van der Waals surface area contributed by atoms with Gasteiger partial charge in [-0.3, -0.25) is 0 Å². The van der Waals surface area contributed by atoms with Crippen molar-refractivity contribution in [2.45, 2.75) is 45.1 Å². The maximum absolute atomic E-state index is 3.52. The van der Waals surface area contributed by atoms with Gasteiger partial charge in [-0.15, -0.1) is 0 Å². The second-order valence-corrected chi connectivity index (χ2v) is 6.15. The molecular formula is C19H23N. The molecule has 1 aliphatic rings. The summed E-state index contributed by atoms with van der Waals surface area (Å²) in [5.74, 6) is 1.43. The van der Waals surface area contributed by atoms with Crippen molar-refractivity contribution in [3.8, 4) is 0 Å². The molecule has 1 nitrogen and oxygen atoms in total. The normalized spacial score (nSPS) is 14.6. The maximum Gasteiger partial charge on any atom is 0.0400 e. The second kappa shape index (κ2) is 5.70. The van der Waals surface area contributed by atoms with Crippen LogP contribution in [-0.4, -0.2) is 0 Å². The van der Waals surface area contributed by atoms with Gasteiger partial charge in [0.2, 0.25) is 0 Å². The van der Waals surface area contributed by atoms with Crippen molar-refractivity contribution in [2.75, 3.05) is 5.32 Å². The van der Waals surface area contributed by atoms with Crippen LogP contribution in [0.2, 0.25) is 0 Å². The number of nitrogens with one attached hydrogen (secondary N) is 1. The van der Waals surface area contributed by atoms with Gasteiger partial charge in [-0.25, -0.2) is 0 Å². The molecule has 0 aromatic heterocycles. The van der Waals surface area contributed by atoms with E-state index in [-0.39, 0.29) is 0 Å². The van der Waals surface area contributed by atoms with Crippen molar-refractivity contribution in [2.24, 2.45) is 0 Å². The lowest BCUT2D eigenvalue weighted by atomic mass is 10.0. The van der Waals surface area contributed by atoms with Gasteiger partial charge in [-0.2, -0.15) is 0 Å². The van der Waals surface area contributed by atoms with Gasteiger partial charge in [0, 0.05) is 12.2 Å². The molecule has 3 rings (SSSR count). The topological polar surface area (TPSA) is 12.0 Å². The molecule has 0 saturated heterocycles. The second-order valence-electron chi connectivity index (χ2n) is 6.15. The van der Waals surface area contributed by atoms with Gasteiger partial charge < -0.3 is 5.32 Å². The van der Waals surface area contributed by atoms with Crippen LogP contribution in [0.15, 0.2) is 48.5 Å². The molecule has 1 heteroatoms. The van der Waals surface area contributed by atoms with Crippen LogP contribution >= 0.6 is 0 Å². The molecule has 0 heterocycles. The number of anilines is 1. The smallest absolute Gasteiger partial charge is 0.0400 e. The Bertz CT molecular complexity index is 565. The Hall–Kier alpha value is -1.76. The minimum atomic E-state index is 0.578. The Morgan fingerprint density at radius 2 is 1.80 bits per heavy atom. The maximum atomic E-state index is 3.52. The summed E-state index contributed by atoms with van der Waals surface area (Å²) in [5, 5.41) is 3.52. The zero-order valence-electron chi connectivity index (χ0n) is 12.4. The molecule has 2 aromatic carbocycles. The molecule has 0 spiro atoms. The lowest BCUT2D eigenvalue weighted by Gasteiger charge is -2.11. The highest BCUT2D eigenvalue weighted by Crippen LogP contribution is 2.39. The van der Waals surface area contributed by atoms with E-state index in [0.29, 0.717) is 5.92 Å². The van der Waals surface area contributed by atoms with E-state index < -0.39 is 0 Å². The Balaban J connectivity index is 1.62. The highest BCUT2D eigenvalue weighted by Gasteiger charge is 2.22. The summed E-state index contributed by atoms with van der Waals surface area (Å²) in [6, 6.07) is 17.8. The van der Waals surface area contributed by atoms with Crippen molar-refractivity contribution in [3.05, 3.63) is 65.2 Å². The van der Waals surface area contributed by atoms with E-state index in [1.165, 1.54) is 35.2 Å². The van der Waals surface area contributed by atoms with E-state index in [1.807, 2.05) is 0 Å². The third kappa shape index (κ3) is 3.22. The highest BCUT2D eigenvalue weighted by atomic mass is 14.9. The van der Waals surface area contributed by atoms with E-state index in [0.717, 1.165) is 12.5 Å². The zero-order chi connectivity index (χ0) is 13.9. The van der Waals surface area contributed by atoms with Crippen molar-refractivity contribution < 1.29 is 0 Å². The molecule has 0 aliphatic heterocycles. The monoisotopic (exact) mass is 265 g/mol. The summed E-state index contributed by atoms with van der Waals surface area (Å²) in [6.07, 6.45) is 2.75. The van der Waals surface area contributed by atoms with Crippen LogP contribution in [0.5, 0.6) is 0 Å². The predicted octanol–water partition coefficient (Wildman–Crippen LogP) is 5.30. The Morgan fingerprint density at radius 3 is 2.45 bits per heavy atom. The summed E-state index contributed by atoms with van der Waals surface area (Å²) in [4.78, 5) is 0. The number of benzene rings is 2. The molecule has 0 atom stereocenters. The average Bonchev–Trinajstić information content (AvgIpc) is 3.31. The van der Waals surface area contributed by atoms with Crippen LogP contribution in [0, 0.1) is 0 Å². The van der Waals surface area contributed by atoms with E-state index in [4.69, 9.17) is 0 Å². The molecular weight excluding hydrogens is 242 g/mol. The minimum Gasteiger partial charge on any atom is -0.381 e. The van der Waals surface area contributed by atoms with Crippen molar-refractivity contribution >= 4 is 5.69 Å². The molecule has 20 heavy (non-hydrogen) atoms. The third-order valence-corrected chi connectivity index (χ3v) is 4.08. The number of rotatable bonds is 5. The van der Waals surface area contributed by atoms with Crippen LogP contribution in [0.4, 0.5) is 5.69 Å². The summed E-state index contributed by atoms with van der Waals surface area (Å²) in [6.45, 7) is 5.36. The summed E-state index contributed by atoms with van der Waals surface area (Å²) >= 11 is 0. The Labute approximate surface area is 122 Å². The van der Waals surface area contributed by atoms with Crippen LogP contribution in [0.3, 0.4) is 0 Å². The minimum absolute atomic E-state index is 0.578. The van der Waals surface area contributed by atoms with Gasteiger partial charge in [0.25, 0.3) is 0 Å². The molecule has 0 amide bonds. The predicted molar refractivity (Wildman–Crippen MR) is 86.3 cm³/mol. The van der Waals surface area contributed by atoms with E-state index in [9.17, 15) is 0 Å². The SMILES string of the molecule is CC(C)c1cccc(NCc2ccc(C3CC3)cc2)c1. The van der Waals surface area contributed by atoms with Gasteiger partial charge in [-0.05, 0) is 53.5 Å². The van der Waals surface area contributed by atoms with Gasteiger partial charge in [0.05, 0.1) is 0 Å². The lowest BCUT2D eigenvalue weighted by molar-refractivity contribution is 0.866. The van der Waals surface area contributed by atoms with Crippen molar-refractivity contribution in [3.63, 3.8) is 0 Å². The summed E-state index contributed by atoms with van der Waals surface area (Å²) < 4.78 is 0. The van der Waals surface area contributed by atoms with Crippen molar-refractivity contribution in [1.82, 2.24) is 0 Å². The van der Waals surface area contributed by atoms with E-state index in [2.05, 4.69) is 67.7 Å². The zero-order valence-corrected chi connectivity index (χ0v) is 12.4. The van der Waals surface area contributed by atoms with Crippen LogP contribution in [-0.2, 0) is 6.54 Å². The molecule has 0 radical (unpaired) electrons. The first-order chi connectivity index (χ1) is 9.72. The third-order valence-electron chi connectivity index (χ3n) is 4.08. The van der Waals surface area contributed by atoms with Crippen molar-refractivity contribution in [1.29, 1.82) is 0 Å². The van der Waals surface area contributed by atoms with Gasteiger partial charge in [-0.1, -0.05) is 50.2 Å². The van der Waals surface area contributed by atoms with E-state index >= 15 is 0 Å². The standard InChI is InChI=1S/C19H23N/c1-14(2)18-4-3-5-19(12-18)20-13-15-6-8-16(9-7-15)17-10-11-17/h3-9,12,14,17,20H,10-11,13H2,1-2H3. The molecule has 0 unspecified atom stereocenters. The van der Waals surface area contributed by atoms with Gasteiger partial charge in [0.15, 0.2) is 0 Å². The first-order valence-corrected chi connectivity index (χ1v) is 7.65. The number of hydrogen-bond donors (Lipinski definition) is 1.